The number of nitrogens with two attached hydrogens (primary N) is 1. The molecular formula is C3H11Br2N3S. The van der Waals surface area contributed by atoms with Gasteiger partial charge in [-0.15, -0.1) is 34.0 Å². The molecule has 0 heterocycles. The maximum Gasteiger partial charge on any atom is 0.198 e. The number of rotatable bonds is 1. The number of thiol groups is 1. The number of nitrogens with zero attached hydrogens (tertiary/aromatic N) is 1. The first-order valence-corrected chi connectivity index (χ1v) is 2.39. The molecule has 0 aromatic carbocycles. The second-order valence-corrected chi connectivity index (χ2v) is 1.58. The molecule has 0 amide bonds. The average molecular weight is 281 g/mol. The van der Waals surface area contributed by atoms with E-state index in [1.807, 2.05) is 6.92 Å². The van der Waals surface area contributed by atoms with Crippen molar-refractivity contribution in [2.45, 2.75) is 6.92 Å². The summed E-state index contributed by atoms with van der Waals surface area (Å²) in [4.78, 5) is 0. The third-order valence-corrected chi connectivity index (χ3v) is 1.08. The molecule has 3 nitrogen and oxygen atoms in total. The molecule has 6 heteroatoms. The van der Waals surface area contributed by atoms with E-state index in [1.165, 1.54) is 4.31 Å². The van der Waals surface area contributed by atoms with Gasteiger partial charge in [-0.25, -0.2) is 0 Å². The van der Waals surface area contributed by atoms with E-state index in [0.717, 1.165) is 0 Å². The fourth-order valence-electron chi connectivity index (χ4n) is 0.170. The van der Waals surface area contributed by atoms with Crippen LogP contribution in [0.1, 0.15) is 6.92 Å². The Kier molecular flexibility index (Phi) is 15.5. The van der Waals surface area contributed by atoms with Gasteiger partial charge in [0, 0.05) is 6.54 Å². The van der Waals surface area contributed by atoms with Crippen molar-refractivity contribution in [3.63, 3.8) is 0 Å². The molecule has 0 saturated carbocycles. The molecule has 58 valence electrons. The van der Waals surface area contributed by atoms with E-state index in [9.17, 15) is 0 Å². The predicted molar refractivity (Wildman–Crippen MR) is 53.9 cm³/mol. The molecule has 0 fully saturated rings. The average Bonchev–Trinajstić information content (AvgIpc) is 1.65. The van der Waals surface area contributed by atoms with Crippen LogP contribution in [0.4, 0.5) is 0 Å². The summed E-state index contributed by atoms with van der Waals surface area (Å²) >= 11 is 3.81. The lowest BCUT2D eigenvalue weighted by molar-refractivity contribution is 0.708. The van der Waals surface area contributed by atoms with E-state index in [4.69, 9.17) is 11.1 Å². The van der Waals surface area contributed by atoms with Gasteiger partial charge in [0.2, 0.25) is 0 Å². The Morgan fingerprint density at radius 3 is 2.00 bits per heavy atom. The number of hydrogen-bond acceptors (Lipinski definition) is 2. The van der Waals surface area contributed by atoms with Crippen LogP contribution in [-0.2, 0) is 0 Å². The summed E-state index contributed by atoms with van der Waals surface area (Å²) in [5.41, 5.74) is 4.98. The van der Waals surface area contributed by atoms with E-state index in [2.05, 4.69) is 12.8 Å². The second-order valence-electron chi connectivity index (χ2n) is 1.10. The highest BCUT2D eigenvalue weighted by atomic mass is 79.9. The lowest BCUT2D eigenvalue weighted by Gasteiger charge is -2.09. The third kappa shape index (κ3) is 8.58. The molecule has 0 radical (unpaired) electrons. The molecule has 0 unspecified atom stereocenters. The molecule has 0 saturated heterocycles. The zero-order valence-corrected chi connectivity index (χ0v) is 9.32. The Morgan fingerprint density at radius 1 is 1.67 bits per heavy atom. The zero-order valence-electron chi connectivity index (χ0n) is 5.00. The van der Waals surface area contributed by atoms with Crippen molar-refractivity contribution in [2.24, 2.45) is 5.73 Å². The standard InChI is InChI=1S/C3H9N3S.2BrH/c1-2-6(7)3(4)5;;/h7H,2H2,1H3,(H3,4,5);2*1H. The lowest BCUT2D eigenvalue weighted by atomic mass is 10.7. The molecule has 0 spiro atoms. The smallest absolute Gasteiger partial charge is 0.198 e. The van der Waals surface area contributed by atoms with E-state index in [0.29, 0.717) is 6.54 Å². The van der Waals surface area contributed by atoms with E-state index >= 15 is 0 Å². The van der Waals surface area contributed by atoms with Crippen molar-refractivity contribution in [3.8, 4) is 0 Å². The molecule has 0 aromatic heterocycles. The van der Waals surface area contributed by atoms with Crippen molar-refractivity contribution < 1.29 is 0 Å². The summed E-state index contributed by atoms with van der Waals surface area (Å²) in [5, 5.41) is 6.73. The predicted octanol–water partition coefficient (Wildman–Crippen LogP) is 1.20. The minimum Gasteiger partial charge on any atom is -0.369 e. The molecule has 0 rings (SSSR count). The van der Waals surface area contributed by atoms with Gasteiger partial charge in [-0.05, 0) is 6.92 Å². The first-order chi connectivity index (χ1) is 3.18. The highest BCUT2D eigenvalue weighted by Gasteiger charge is 1.91. The van der Waals surface area contributed by atoms with Crippen molar-refractivity contribution in [2.75, 3.05) is 6.54 Å². The summed E-state index contributed by atoms with van der Waals surface area (Å²) in [6.45, 7) is 2.53. The molecule has 0 aromatic rings. The Hall–Kier alpha value is 0.580. The van der Waals surface area contributed by atoms with Crippen LogP contribution in [0.2, 0.25) is 0 Å². The topological polar surface area (TPSA) is 53.1 Å². The number of nitrogens with one attached hydrogen (secondary N) is 1. The van der Waals surface area contributed by atoms with E-state index < -0.39 is 0 Å². The molecule has 0 aliphatic carbocycles. The summed E-state index contributed by atoms with van der Waals surface area (Å²) in [6.07, 6.45) is 0. The van der Waals surface area contributed by atoms with Gasteiger partial charge in [0.25, 0.3) is 0 Å². The maximum absolute atomic E-state index is 6.73. The van der Waals surface area contributed by atoms with Gasteiger partial charge in [-0.3, -0.25) is 9.71 Å². The summed E-state index contributed by atoms with van der Waals surface area (Å²) in [6, 6.07) is 0. The molecule has 9 heavy (non-hydrogen) atoms. The van der Waals surface area contributed by atoms with Gasteiger partial charge in [0.1, 0.15) is 0 Å². The fraction of sp³-hybridized carbons (Fsp3) is 0.667. The maximum atomic E-state index is 6.73. The van der Waals surface area contributed by atoms with E-state index in [1.54, 1.807) is 0 Å². The Balaban J connectivity index is -0.000000180. The van der Waals surface area contributed by atoms with Crippen LogP contribution in [0.25, 0.3) is 0 Å². The highest BCUT2D eigenvalue weighted by Crippen LogP contribution is 1.86. The summed E-state index contributed by atoms with van der Waals surface area (Å²) in [7, 11) is 0. The first kappa shape index (κ1) is 16.3. The minimum absolute atomic E-state index is 0. The van der Waals surface area contributed by atoms with Crippen LogP contribution in [0, 0.1) is 5.41 Å². The van der Waals surface area contributed by atoms with Gasteiger partial charge < -0.3 is 5.73 Å². The van der Waals surface area contributed by atoms with Crippen LogP contribution in [0.15, 0.2) is 0 Å². The fourth-order valence-corrected chi connectivity index (χ4v) is 0.170. The molecule has 3 N–H and O–H groups in total. The highest BCUT2D eigenvalue weighted by molar-refractivity contribution is 8.93. The minimum atomic E-state index is -0.00849. The van der Waals surface area contributed by atoms with Crippen molar-refractivity contribution in [1.82, 2.24) is 4.31 Å². The van der Waals surface area contributed by atoms with Gasteiger partial charge >= 0.3 is 0 Å². The summed E-state index contributed by atoms with van der Waals surface area (Å²) < 4.78 is 1.35. The molecular weight excluding hydrogens is 270 g/mol. The van der Waals surface area contributed by atoms with Crippen molar-refractivity contribution >= 4 is 52.7 Å². The van der Waals surface area contributed by atoms with Crippen LogP contribution in [0.5, 0.6) is 0 Å². The number of guanidine groups is 1. The van der Waals surface area contributed by atoms with Gasteiger partial charge in [0.05, 0.1) is 0 Å². The number of hydrogen-bond donors (Lipinski definition) is 3. The molecule has 0 atom stereocenters. The van der Waals surface area contributed by atoms with Crippen LogP contribution < -0.4 is 5.73 Å². The Bertz CT molecular complexity index is 79.5. The third-order valence-electron chi connectivity index (χ3n) is 0.578. The quantitative estimate of drug-likeness (QED) is 0.384. The van der Waals surface area contributed by atoms with Crippen molar-refractivity contribution in [1.29, 1.82) is 5.41 Å². The Morgan fingerprint density at radius 2 is 2.00 bits per heavy atom. The van der Waals surface area contributed by atoms with Gasteiger partial charge in [-0.1, -0.05) is 12.8 Å². The van der Waals surface area contributed by atoms with E-state index in [-0.39, 0.29) is 39.9 Å². The Labute approximate surface area is 81.6 Å². The largest absolute Gasteiger partial charge is 0.369 e. The van der Waals surface area contributed by atoms with Crippen molar-refractivity contribution in [3.05, 3.63) is 0 Å². The second kappa shape index (κ2) is 8.58. The SMILES string of the molecule is Br.Br.CCN(S)C(=N)N. The number of halogens is 2. The molecule has 0 aliphatic rings. The molecule has 0 bridgehead atoms. The van der Waals surface area contributed by atoms with Crippen LogP contribution in [0.3, 0.4) is 0 Å². The monoisotopic (exact) mass is 279 g/mol. The molecule has 0 aliphatic heterocycles. The lowest BCUT2D eigenvalue weighted by Crippen LogP contribution is -2.27. The summed E-state index contributed by atoms with van der Waals surface area (Å²) in [5.74, 6) is -0.00849. The van der Waals surface area contributed by atoms with Crippen LogP contribution >= 0.6 is 46.8 Å². The van der Waals surface area contributed by atoms with Crippen LogP contribution in [-0.4, -0.2) is 16.8 Å². The normalized spacial score (nSPS) is 6.44. The van der Waals surface area contributed by atoms with Gasteiger partial charge in [0.15, 0.2) is 5.96 Å². The zero-order chi connectivity index (χ0) is 5.86. The van der Waals surface area contributed by atoms with Gasteiger partial charge in [-0.2, -0.15) is 0 Å². The first-order valence-electron chi connectivity index (χ1n) is 1.99.